The highest BCUT2D eigenvalue weighted by Crippen LogP contribution is 2.68. The molecule has 0 amide bonds. The third-order valence-electron chi connectivity index (χ3n) is 12.2. The molecule has 1 aromatic rings. The lowest BCUT2D eigenvalue weighted by molar-refractivity contribution is -0.114. The van der Waals surface area contributed by atoms with Gasteiger partial charge in [0.1, 0.15) is 0 Å². The second kappa shape index (κ2) is 10.9. The van der Waals surface area contributed by atoms with Gasteiger partial charge in [0.25, 0.3) is 0 Å². The van der Waals surface area contributed by atoms with E-state index in [2.05, 4.69) is 27.7 Å². The van der Waals surface area contributed by atoms with E-state index in [-0.39, 0.29) is 0 Å². The first-order valence-electron chi connectivity index (χ1n) is 15.6. The van der Waals surface area contributed by atoms with Crippen LogP contribution in [0.5, 0.6) is 0 Å². The molecule has 1 aromatic carbocycles. The molecule has 0 aromatic heterocycles. The number of carbonyl (C=O) groups is 1. The first-order valence-corrected chi connectivity index (χ1v) is 15.6. The zero-order chi connectivity index (χ0) is 27.1. The molecule has 0 radical (unpaired) electrons. The van der Waals surface area contributed by atoms with Gasteiger partial charge < -0.3 is 16.2 Å². The van der Waals surface area contributed by atoms with Crippen LogP contribution >= 0.6 is 0 Å². The average molecular weight is 521 g/mol. The van der Waals surface area contributed by atoms with E-state index in [4.69, 9.17) is 16.2 Å². The van der Waals surface area contributed by atoms with Gasteiger partial charge >= 0.3 is 5.97 Å². The van der Waals surface area contributed by atoms with Crippen LogP contribution in [-0.2, 0) is 4.74 Å². The van der Waals surface area contributed by atoms with Gasteiger partial charge in [-0.05, 0) is 141 Å². The maximum atomic E-state index is 12.4. The van der Waals surface area contributed by atoms with Crippen molar-refractivity contribution in [3.8, 4) is 0 Å². The fourth-order valence-corrected chi connectivity index (χ4v) is 10.3. The number of fused-ring (bicyclic) bond motifs is 5. The van der Waals surface area contributed by atoms with Crippen LogP contribution in [0.2, 0.25) is 0 Å². The highest BCUT2D eigenvalue weighted by atomic mass is 16.5. The zero-order valence-corrected chi connectivity index (χ0v) is 24.4. The molecule has 0 heterocycles. The molecule has 4 N–H and O–H groups in total. The number of ether oxygens (including phenoxy) is 1. The van der Waals surface area contributed by atoms with Gasteiger partial charge in [0.15, 0.2) is 0 Å². The molecular weight excluding hydrogens is 468 g/mol. The smallest absolute Gasteiger partial charge is 0.343 e. The average Bonchev–Trinajstić information content (AvgIpc) is 3.23. The van der Waals surface area contributed by atoms with Crippen molar-refractivity contribution < 1.29 is 9.53 Å². The van der Waals surface area contributed by atoms with Crippen LogP contribution in [-0.4, -0.2) is 5.97 Å². The summed E-state index contributed by atoms with van der Waals surface area (Å²) in [6.45, 7) is 9.96. The van der Waals surface area contributed by atoms with Gasteiger partial charge in [-0.2, -0.15) is 0 Å². The van der Waals surface area contributed by atoms with Gasteiger partial charge in [-0.25, -0.2) is 4.79 Å². The number of hydrogen-bond donors (Lipinski definition) is 2. The van der Waals surface area contributed by atoms with Crippen molar-refractivity contribution >= 4 is 17.3 Å². The summed E-state index contributed by atoms with van der Waals surface area (Å²) in [6.07, 6.45) is 19.8. The van der Waals surface area contributed by atoms with Crippen molar-refractivity contribution in [1.29, 1.82) is 0 Å². The Hall–Kier alpha value is -1.97. The van der Waals surface area contributed by atoms with E-state index >= 15 is 0 Å². The first-order chi connectivity index (χ1) is 18.1. The van der Waals surface area contributed by atoms with Gasteiger partial charge in [-0.1, -0.05) is 40.0 Å². The Balaban J connectivity index is 1.13. The molecule has 210 valence electrons. The number of rotatable bonds is 7. The van der Waals surface area contributed by atoms with Crippen LogP contribution in [0, 0.1) is 46.3 Å². The van der Waals surface area contributed by atoms with Crippen molar-refractivity contribution in [3.05, 3.63) is 35.6 Å². The van der Waals surface area contributed by atoms with Gasteiger partial charge in [-0.15, -0.1) is 0 Å². The predicted molar refractivity (Wildman–Crippen MR) is 157 cm³/mol. The van der Waals surface area contributed by atoms with E-state index in [0.717, 1.165) is 53.9 Å². The van der Waals surface area contributed by atoms with E-state index in [1.165, 1.54) is 70.6 Å². The predicted octanol–water partition coefficient (Wildman–Crippen LogP) is 8.77. The summed E-state index contributed by atoms with van der Waals surface area (Å²) >= 11 is 0. The molecule has 4 fully saturated rings. The van der Waals surface area contributed by atoms with E-state index in [1.54, 1.807) is 24.5 Å². The summed E-state index contributed by atoms with van der Waals surface area (Å²) in [4.78, 5) is 12.4. The third kappa shape index (κ3) is 5.13. The standard InChI is InChI=1S/C34H52N2O2/c1-22(21-38-32(37)24-18-26(35)20-27(36)19-24)8-7-9-23(2)29-13-14-30-28-12-11-25-10-5-6-16-33(25,3)31(28)15-17-34(29,30)4/h18-21,23,25,28-31H,5-17,35-36H2,1-4H3/t23?,25?,28-,29+,30-,31-,33-,34+/m0/s1. The molecule has 0 spiro atoms. The summed E-state index contributed by atoms with van der Waals surface area (Å²) in [5.74, 6) is 5.16. The second-order valence-corrected chi connectivity index (χ2v) is 14.3. The van der Waals surface area contributed by atoms with Crippen molar-refractivity contribution in [2.24, 2.45) is 46.3 Å². The molecule has 4 nitrogen and oxygen atoms in total. The van der Waals surface area contributed by atoms with Crippen molar-refractivity contribution in [1.82, 2.24) is 0 Å². The van der Waals surface area contributed by atoms with Gasteiger partial charge in [0, 0.05) is 11.4 Å². The minimum atomic E-state index is -0.409. The lowest BCUT2D eigenvalue weighted by atomic mass is 9.44. The Morgan fingerprint density at radius 3 is 2.47 bits per heavy atom. The number of esters is 1. The lowest BCUT2D eigenvalue weighted by Crippen LogP contribution is -2.53. The zero-order valence-electron chi connectivity index (χ0n) is 24.4. The fourth-order valence-electron chi connectivity index (χ4n) is 10.3. The monoisotopic (exact) mass is 520 g/mol. The highest BCUT2D eigenvalue weighted by molar-refractivity contribution is 5.92. The van der Waals surface area contributed by atoms with Crippen LogP contribution in [0.3, 0.4) is 0 Å². The van der Waals surface area contributed by atoms with Crippen molar-refractivity contribution in [2.45, 2.75) is 111 Å². The molecule has 4 aliphatic rings. The minimum Gasteiger partial charge on any atom is -0.431 e. The largest absolute Gasteiger partial charge is 0.431 e. The summed E-state index contributed by atoms with van der Waals surface area (Å²) in [7, 11) is 0. The summed E-state index contributed by atoms with van der Waals surface area (Å²) in [6, 6.07) is 4.85. The van der Waals surface area contributed by atoms with Crippen LogP contribution in [0.15, 0.2) is 30.0 Å². The minimum absolute atomic E-state index is 0.393. The molecule has 0 saturated heterocycles. The molecule has 38 heavy (non-hydrogen) atoms. The van der Waals surface area contributed by atoms with Crippen LogP contribution in [0.25, 0.3) is 0 Å². The Morgan fingerprint density at radius 2 is 1.71 bits per heavy atom. The Bertz CT molecular complexity index is 1030. The number of nitrogens with two attached hydrogens (primary N) is 2. The second-order valence-electron chi connectivity index (χ2n) is 14.3. The first kappa shape index (κ1) is 27.6. The van der Waals surface area contributed by atoms with Gasteiger partial charge in [0.05, 0.1) is 11.8 Å². The molecule has 8 atom stereocenters. The third-order valence-corrected chi connectivity index (χ3v) is 12.2. The summed E-state index contributed by atoms with van der Waals surface area (Å²) in [5.41, 5.74) is 15.2. The Labute approximate surface area is 231 Å². The molecule has 4 aliphatic carbocycles. The topological polar surface area (TPSA) is 78.3 Å². The molecule has 5 rings (SSSR count). The van der Waals surface area contributed by atoms with E-state index in [1.807, 2.05) is 0 Å². The van der Waals surface area contributed by atoms with Crippen molar-refractivity contribution in [2.75, 3.05) is 11.5 Å². The highest BCUT2D eigenvalue weighted by Gasteiger charge is 2.60. The maximum absolute atomic E-state index is 12.4. The molecule has 4 heteroatoms. The summed E-state index contributed by atoms with van der Waals surface area (Å²) in [5, 5.41) is 0. The van der Waals surface area contributed by atoms with Gasteiger partial charge in [-0.3, -0.25) is 0 Å². The molecule has 0 bridgehead atoms. The molecule has 4 saturated carbocycles. The van der Waals surface area contributed by atoms with E-state index < -0.39 is 5.97 Å². The Morgan fingerprint density at radius 1 is 0.974 bits per heavy atom. The summed E-state index contributed by atoms with van der Waals surface area (Å²) < 4.78 is 5.43. The van der Waals surface area contributed by atoms with E-state index in [0.29, 0.717) is 27.8 Å². The fraction of sp³-hybridized carbons (Fsp3) is 0.735. The number of benzene rings is 1. The number of nitrogen functional groups attached to an aromatic ring is 2. The van der Waals surface area contributed by atoms with E-state index in [9.17, 15) is 4.79 Å². The van der Waals surface area contributed by atoms with Crippen LogP contribution < -0.4 is 11.5 Å². The number of anilines is 2. The maximum Gasteiger partial charge on any atom is 0.343 e. The van der Waals surface area contributed by atoms with Crippen LogP contribution in [0.4, 0.5) is 11.4 Å². The quantitative estimate of drug-likeness (QED) is 0.214. The SMILES string of the molecule is CC(=COC(=O)c1cc(N)cc(N)c1)CCCC(C)[C@H]1CC[C@H]2[C@@H]3CCC4CCCC[C@]4(C)[C@H]3CC[C@]12C. The lowest BCUT2D eigenvalue weighted by Gasteiger charge is -2.61. The van der Waals surface area contributed by atoms with Crippen molar-refractivity contribution in [3.63, 3.8) is 0 Å². The normalized spacial score (nSPS) is 37.6. The molecule has 0 aliphatic heterocycles. The van der Waals surface area contributed by atoms with Gasteiger partial charge in [0.2, 0.25) is 0 Å². The van der Waals surface area contributed by atoms with Crippen LogP contribution in [0.1, 0.15) is 122 Å². The Kier molecular flexibility index (Phi) is 7.91. The molecule has 2 unspecified atom stereocenters. The molecular formula is C34H52N2O2. The number of hydrogen-bond acceptors (Lipinski definition) is 4. The number of allylic oxidation sites excluding steroid dienone is 1. The number of carbonyl (C=O) groups excluding carboxylic acids is 1.